The van der Waals surface area contributed by atoms with Crippen molar-refractivity contribution in [3.8, 4) is 11.5 Å². The third-order valence-corrected chi connectivity index (χ3v) is 2.66. The van der Waals surface area contributed by atoms with Crippen LogP contribution in [0.5, 0.6) is 11.5 Å². The van der Waals surface area contributed by atoms with E-state index in [-0.39, 0.29) is 12.4 Å². The third-order valence-electron chi connectivity index (χ3n) is 2.41. The lowest BCUT2D eigenvalue weighted by molar-refractivity contribution is 0.482. The maximum Gasteiger partial charge on any atom is 0.127 e. The van der Waals surface area contributed by atoms with E-state index >= 15 is 0 Å². The van der Waals surface area contributed by atoms with Crippen LogP contribution in [0.1, 0.15) is 5.56 Å². The Morgan fingerprint density at radius 2 is 1.39 bits per heavy atom. The summed E-state index contributed by atoms with van der Waals surface area (Å²) in [6.45, 7) is 0.664. The predicted molar refractivity (Wildman–Crippen MR) is 78.0 cm³/mol. The van der Waals surface area contributed by atoms with Crippen LogP contribution in [-0.4, -0.2) is 6.54 Å². The van der Waals surface area contributed by atoms with Crippen molar-refractivity contribution >= 4 is 24.0 Å². The quantitative estimate of drug-likeness (QED) is 0.919. The molecule has 0 atom stereocenters. The highest BCUT2D eigenvalue weighted by atomic mass is 35.5. The topological polar surface area (TPSA) is 35.2 Å². The van der Waals surface area contributed by atoms with E-state index in [1.165, 1.54) is 5.56 Å². The average molecular weight is 284 g/mol. The second kappa shape index (κ2) is 7.27. The van der Waals surface area contributed by atoms with E-state index in [1.54, 1.807) is 12.1 Å². The first-order chi connectivity index (χ1) is 8.28. The zero-order valence-corrected chi connectivity index (χ0v) is 11.4. The summed E-state index contributed by atoms with van der Waals surface area (Å²) in [5.41, 5.74) is 6.71. The molecule has 0 amide bonds. The minimum atomic E-state index is 0. The smallest absolute Gasteiger partial charge is 0.127 e. The Hall–Kier alpha value is -1.22. The van der Waals surface area contributed by atoms with Crippen LogP contribution in [0.25, 0.3) is 0 Å². The highest BCUT2D eigenvalue weighted by molar-refractivity contribution is 6.30. The average Bonchev–Trinajstić information content (AvgIpc) is 2.35. The van der Waals surface area contributed by atoms with Crippen LogP contribution in [-0.2, 0) is 6.42 Å². The van der Waals surface area contributed by atoms with Crippen molar-refractivity contribution in [1.82, 2.24) is 0 Å². The molecule has 18 heavy (non-hydrogen) atoms. The zero-order chi connectivity index (χ0) is 12.1. The number of nitrogens with two attached hydrogens (primary N) is 1. The number of hydrogen-bond acceptors (Lipinski definition) is 2. The van der Waals surface area contributed by atoms with Crippen molar-refractivity contribution in [2.75, 3.05) is 6.54 Å². The summed E-state index contributed by atoms with van der Waals surface area (Å²) in [6, 6.07) is 15.2. The lowest BCUT2D eigenvalue weighted by Gasteiger charge is -2.06. The fourth-order valence-electron chi connectivity index (χ4n) is 1.53. The van der Waals surface area contributed by atoms with Crippen LogP contribution < -0.4 is 10.5 Å². The van der Waals surface area contributed by atoms with Crippen molar-refractivity contribution in [3.05, 3.63) is 59.1 Å². The van der Waals surface area contributed by atoms with E-state index in [0.29, 0.717) is 11.6 Å². The summed E-state index contributed by atoms with van der Waals surface area (Å²) in [5, 5.41) is 0.704. The first-order valence-corrected chi connectivity index (χ1v) is 5.88. The van der Waals surface area contributed by atoms with Gasteiger partial charge in [-0.25, -0.2) is 0 Å². The minimum absolute atomic E-state index is 0. The standard InChI is InChI=1S/C14H14ClNO.ClH/c15-12-3-7-14(8-4-12)17-13-5-1-11(2-6-13)9-10-16;/h1-8H,9-10,16H2;1H. The monoisotopic (exact) mass is 283 g/mol. The molecule has 0 fully saturated rings. The first-order valence-electron chi connectivity index (χ1n) is 5.50. The van der Waals surface area contributed by atoms with Gasteiger partial charge in [0.1, 0.15) is 11.5 Å². The fourth-order valence-corrected chi connectivity index (χ4v) is 1.66. The summed E-state index contributed by atoms with van der Waals surface area (Å²) in [7, 11) is 0. The first kappa shape index (κ1) is 14.8. The van der Waals surface area contributed by atoms with Gasteiger partial charge in [0, 0.05) is 5.02 Å². The molecule has 2 aromatic carbocycles. The van der Waals surface area contributed by atoms with Gasteiger partial charge < -0.3 is 10.5 Å². The van der Waals surface area contributed by atoms with Crippen molar-refractivity contribution in [2.45, 2.75) is 6.42 Å². The Balaban J connectivity index is 0.00000162. The Kier molecular flexibility index (Phi) is 5.99. The Morgan fingerprint density at radius 3 is 1.89 bits per heavy atom. The molecule has 0 radical (unpaired) electrons. The van der Waals surface area contributed by atoms with Crippen molar-refractivity contribution in [2.24, 2.45) is 5.73 Å². The Bertz CT molecular complexity index is 468. The molecule has 0 heterocycles. The Labute approximate surface area is 118 Å². The molecule has 0 aliphatic rings. The normalized spacial score (nSPS) is 9.67. The molecule has 96 valence electrons. The van der Waals surface area contributed by atoms with Crippen molar-refractivity contribution in [3.63, 3.8) is 0 Å². The van der Waals surface area contributed by atoms with Crippen LogP contribution in [0, 0.1) is 0 Å². The summed E-state index contributed by atoms with van der Waals surface area (Å²) in [5.74, 6) is 1.59. The van der Waals surface area contributed by atoms with Crippen LogP contribution in [0.3, 0.4) is 0 Å². The van der Waals surface area contributed by atoms with E-state index in [2.05, 4.69) is 0 Å². The highest BCUT2D eigenvalue weighted by Crippen LogP contribution is 2.23. The largest absolute Gasteiger partial charge is 0.457 e. The van der Waals surface area contributed by atoms with Crippen LogP contribution in [0.4, 0.5) is 0 Å². The van der Waals surface area contributed by atoms with Gasteiger partial charge in [0.15, 0.2) is 0 Å². The van der Waals surface area contributed by atoms with Crippen molar-refractivity contribution in [1.29, 1.82) is 0 Å². The van der Waals surface area contributed by atoms with Gasteiger partial charge in [-0.3, -0.25) is 0 Å². The molecule has 0 bridgehead atoms. The van der Waals surface area contributed by atoms with Gasteiger partial charge in [0.25, 0.3) is 0 Å². The molecule has 0 saturated carbocycles. The molecular formula is C14H15Cl2NO. The van der Waals surface area contributed by atoms with Gasteiger partial charge in [0.2, 0.25) is 0 Å². The van der Waals surface area contributed by atoms with Crippen LogP contribution in [0.2, 0.25) is 5.02 Å². The van der Waals surface area contributed by atoms with Crippen LogP contribution in [0.15, 0.2) is 48.5 Å². The number of ether oxygens (including phenoxy) is 1. The van der Waals surface area contributed by atoms with Gasteiger partial charge in [-0.15, -0.1) is 12.4 Å². The minimum Gasteiger partial charge on any atom is -0.457 e. The molecule has 2 aromatic rings. The highest BCUT2D eigenvalue weighted by Gasteiger charge is 1.97. The Morgan fingerprint density at radius 1 is 0.889 bits per heavy atom. The molecule has 0 saturated heterocycles. The molecule has 0 unspecified atom stereocenters. The summed E-state index contributed by atoms with van der Waals surface area (Å²) in [6.07, 6.45) is 0.890. The molecule has 0 spiro atoms. The number of hydrogen-bond donors (Lipinski definition) is 1. The SMILES string of the molecule is Cl.NCCc1ccc(Oc2ccc(Cl)cc2)cc1. The van der Waals surface area contributed by atoms with Crippen LogP contribution >= 0.6 is 24.0 Å². The number of halogens is 2. The molecule has 0 aliphatic carbocycles. The molecule has 0 aliphatic heterocycles. The maximum absolute atomic E-state index is 5.80. The fraction of sp³-hybridized carbons (Fsp3) is 0.143. The van der Waals surface area contributed by atoms with E-state index < -0.39 is 0 Å². The lowest BCUT2D eigenvalue weighted by atomic mass is 10.1. The molecular weight excluding hydrogens is 269 g/mol. The van der Waals surface area contributed by atoms with E-state index in [9.17, 15) is 0 Å². The second-order valence-electron chi connectivity index (χ2n) is 3.74. The molecule has 2 rings (SSSR count). The number of rotatable bonds is 4. The lowest BCUT2D eigenvalue weighted by Crippen LogP contribution is -2.02. The van der Waals surface area contributed by atoms with E-state index in [0.717, 1.165) is 17.9 Å². The molecule has 4 heteroatoms. The van der Waals surface area contributed by atoms with E-state index in [4.69, 9.17) is 22.1 Å². The van der Waals surface area contributed by atoms with Gasteiger partial charge in [0.05, 0.1) is 0 Å². The molecule has 2 N–H and O–H groups in total. The van der Waals surface area contributed by atoms with Gasteiger partial charge in [-0.1, -0.05) is 23.7 Å². The predicted octanol–water partition coefficient (Wildman–Crippen LogP) is 4.06. The molecule has 0 aromatic heterocycles. The van der Waals surface area contributed by atoms with Gasteiger partial charge >= 0.3 is 0 Å². The van der Waals surface area contributed by atoms with Gasteiger partial charge in [-0.05, 0) is 54.9 Å². The molecule has 2 nitrogen and oxygen atoms in total. The summed E-state index contributed by atoms with van der Waals surface area (Å²) in [4.78, 5) is 0. The summed E-state index contributed by atoms with van der Waals surface area (Å²) >= 11 is 5.80. The maximum atomic E-state index is 5.80. The summed E-state index contributed by atoms with van der Waals surface area (Å²) < 4.78 is 5.68. The number of benzene rings is 2. The van der Waals surface area contributed by atoms with Gasteiger partial charge in [-0.2, -0.15) is 0 Å². The second-order valence-corrected chi connectivity index (χ2v) is 4.18. The van der Waals surface area contributed by atoms with Crippen molar-refractivity contribution < 1.29 is 4.74 Å². The van der Waals surface area contributed by atoms with E-state index in [1.807, 2.05) is 36.4 Å². The zero-order valence-electron chi connectivity index (χ0n) is 9.80. The third kappa shape index (κ3) is 4.22.